The van der Waals surface area contributed by atoms with Crippen molar-refractivity contribution in [3.05, 3.63) is 205 Å². The van der Waals surface area contributed by atoms with Crippen molar-refractivity contribution in [3.63, 3.8) is 0 Å². The lowest BCUT2D eigenvalue weighted by molar-refractivity contribution is -0.0944. The van der Waals surface area contributed by atoms with Crippen molar-refractivity contribution in [1.29, 1.82) is 0 Å². The van der Waals surface area contributed by atoms with Gasteiger partial charge in [-0.25, -0.2) is 0 Å². The fourth-order valence-corrected chi connectivity index (χ4v) is 14.4. The summed E-state index contributed by atoms with van der Waals surface area (Å²) >= 11 is 0. The van der Waals surface area contributed by atoms with Crippen LogP contribution in [0.4, 0.5) is 0 Å². The first-order valence-electron chi connectivity index (χ1n) is 33.2. The van der Waals surface area contributed by atoms with Crippen LogP contribution in [0.15, 0.2) is 127 Å². The number of hydrogen-bond acceptors (Lipinski definition) is 14. The molecule has 2 aliphatic carbocycles. The van der Waals surface area contributed by atoms with Crippen LogP contribution in [0.3, 0.4) is 0 Å². The van der Waals surface area contributed by atoms with Gasteiger partial charge in [-0.05, 0) is 246 Å². The molecule has 16 rings (SSSR count). The Morgan fingerprint density at radius 1 is 0.333 bits per heavy atom. The van der Waals surface area contributed by atoms with E-state index in [9.17, 15) is 35.7 Å². The lowest BCUT2D eigenvalue weighted by Gasteiger charge is -2.38. The Morgan fingerprint density at radius 3 is 0.946 bits per heavy atom. The Hall–Kier alpha value is -7.14. The third-order valence-electron chi connectivity index (χ3n) is 19.8. The summed E-state index contributed by atoms with van der Waals surface area (Å²) in [4.78, 5) is 0. The van der Waals surface area contributed by atoms with Crippen LogP contribution in [0, 0.1) is 10.8 Å². The van der Waals surface area contributed by atoms with Gasteiger partial charge in [0.05, 0.1) is 86.5 Å². The Morgan fingerprint density at radius 2 is 0.613 bits per heavy atom. The summed E-state index contributed by atoms with van der Waals surface area (Å²) in [6.45, 7) is 30.0. The fourth-order valence-electron chi connectivity index (χ4n) is 14.4. The molecule has 0 aromatic heterocycles. The zero-order chi connectivity index (χ0) is 66.9. The summed E-state index contributed by atoms with van der Waals surface area (Å²) in [5, 5.41) is 65.7. The molecule has 7 aliphatic heterocycles. The van der Waals surface area contributed by atoms with E-state index in [1.165, 1.54) is 74.9 Å². The predicted molar refractivity (Wildman–Crippen MR) is 359 cm³/mol. The van der Waals surface area contributed by atoms with Crippen LogP contribution in [0.25, 0.3) is 0 Å². The molecule has 2 atom stereocenters. The third-order valence-corrected chi connectivity index (χ3v) is 19.8. The van der Waals surface area contributed by atoms with E-state index in [4.69, 9.17) is 33.2 Å². The van der Waals surface area contributed by atoms with Gasteiger partial charge >= 0.3 is 0 Å². The van der Waals surface area contributed by atoms with Gasteiger partial charge in [0.1, 0.15) is 40.2 Å². The molecule has 2 fully saturated rings. The first-order valence-corrected chi connectivity index (χ1v) is 33.2. The van der Waals surface area contributed by atoms with Crippen LogP contribution in [0.5, 0.6) is 40.2 Å². The third kappa shape index (κ3) is 15.0. The molecule has 0 radical (unpaired) electrons. The molecule has 2 saturated carbocycles. The number of phenolic OH excluding ortho intramolecular Hbond substituents is 7. The Balaban J connectivity index is 0.000000119. The summed E-state index contributed by atoms with van der Waals surface area (Å²) in [6.07, 6.45) is 10.3. The second kappa shape index (κ2) is 27.3. The van der Waals surface area contributed by atoms with Crippen LogP contribution in [-0.4, -0.2) is 35.7 Å². The topological polar surface area (TPSA) is 206 Å². The molecule has 0 bridgehead atoms. The van der Waals surface area contributed by atoms with E-state index < -0.39 is 0 Å². The first kappa shape index (κ1) is 68.7. The van der Waals surface area contributed by atoms with E-state index in [1.54, 1.807) is 54.6 Å². The lowest BCUT2D eigenvalue weighted by atomic mass is 9.75. The molecule has 7 aromatic carbocycles. The van der Waals surface area contributed by atoms with E-state index >= 15 is 0 Å². The number of hydrogen-bond donors (Lipinski definition) is 7. The molecule has 2 unspecified atom stereocenters. The first-order chi connectivity index (χ1) is 44.0. The normalized spacial score (nSPS) is 20.6. The van der Waals surface area contributed by atoms with E-state index in [0.29, 0.717) is 73.3 Å². The smallest absolute Gasteiger partial charge is 0.115 e. The summed E-state index contributed by atoms with van der Waals surface area (Å²) in [7, 11) is 0. The van der Waals surface area contributed by atoms with Gasteiger partial charge in [-0.1, -0.05) is 111 Å². The van der Waals surface area contributed by atoms with Crippen molar-refractivity contribution in [1.82, 2.24) is 0 Å². The molecule has 14 nitrogen and oxygen atoms in total. The van der Waals surface area contributed by atoms with Crippen molar-refractivity contribution >= 4 is 0 Å². The molecule has 93 heavy (non-hydrogen) atoms. The average molecular weight is 1270 g/mol. The second-order valence-electron chi connectivity index (χ2n) is 29.3. The molecular formula is C79H98O14. The maximum atomic E-state index is 9.48. The van der Waals surface area contributed by atoms with Crippen LogP contribution < -0.4 is 0 Å². The summed E-state index contributed by atoms with van der Waals surface area (Å²) in [5.74, 6) is 2.32. The molecular weight excluding hydrogens is 1170 g/mol. The Kier molecular flexibility index (Phi) is 20.2. The fraction of sp³-hybridized carbons (Fsp3) is 0.468. The maximum Gasteiger partial charge on any atom is 0.115 e. The highest BCUT2D eigenvalue weighted by Gasteiger charge is 2.46. The van der Waals surface area contributed by atoms with E-state index in [0.717, 1.165) is 74.0 Å². The molecule has 0 saturated heterocycles. The summed E-state index contributed by atoms with van der Waals surface area (Å²) in [5.41, 5.74) is 16.0. The summed E-state index contributed by atoms with van der Waals surface area (Å²) in [6, 6.07) is 38.4. The average Bonchev–Trinajstić information content (AvgIpc) is 1.67. The zero-order valence-electron chi connectivity index (χ0n) is 56.6. The standard InChI is InChI=1S/C12H14O2.3C12H16O2.C11H12O2.2C10H12O2/c13-10-4-3-9-8-14-12(11(9)7-10)5-1-2-6-12;2*1-12(2,3)11-10-6-9(13)5-4-8(10)7-14-11;1-3-12(4-2)11-7-10(13)6-5-9(11)8-14-12;12-9-3-2-8-7-13-11(4-1-5-11)10(8)6-9;2*1-10(2)9-5-8(11)4-3-7(9)6-12-10/h3-4,7,13H,1-2,5-6,8H2;2*4-6,11,13H,7H2,1-3H3;5-7,13H,3-4,8H2,1-2H3;2-3,6,12H,1,4-5,7H2;2*3-5,11H,6H2,1-2H3. The van der Waals surface area contributed by atoms with Crippen molar-refractivity contribution in [2.45, 2.75) is 227 Å². The van der Waals surface area contributed by atoms with Crippen molar-refractivity contribution in [2.24, 2.45) is 10.8 Å². The van der Waals surface area contributed by atoms with Crippen molar-refractivity contribution < 1.29 is 68.9 Å². The van der Waals surface area contributed by atoms with Gasteiger partial charge in [0.25, 0.3) is 0 Å². The molecule has 2 spiro atoms. The van der Waals surface area contributed by atoms with Gasteiger partial charge in [-0.2, -0.15) is 0 Å². The number of fused-ring (bicyclic) bond motifs is 9. The van der Waals surface area contributed by atoms with E-state index in [-0.39, 0.29) is 51.0 Å². The highest BCUT2D eigenvalue weighted by atomic mass is 16.5. The molecule has 0 amide bonds. The summed E-state index contributed by atoms with van der Waals surface area (Å²) < 4.78 is 40.1. The van der Waals surface area contributed by atoms with Gasteiger partial charge in [0.15, 0.2) is 0 Å². The molecule has 7 aromatic rings. The largest absolute Gasteiger partial charge is 0.508 e. The Bertz CT molecular complexity index is 3570. The number of rotatable bonds is 2. The van der Waals surface area contributed by atoms with Crippen LogP contribution in [-0.2, 0) is 107 Å². The minimum Gasteiger partial charge on any atom is -0.508 e. The molecule has 498 valence electrons. The predicted octanol–water partition coefficient (Wildman–Crippen LogP) is 18.3. The van der Waals surface area contributed by atoms with E-state index in [1.807, 2.05) is 100 Å². The van der Waals surface area contributed by atoms with Gasteiger partial charge in [0, 0.05) is 0 Å². The monoisotopic (exact) mass is 1270 g/mol. The highest BCUT2D eigenvalue weighted by molar-refractivity contribution is 5.46. The minimum absolute atomic E-state index is 0.0198. The van der Waals surface area contributed by atoms with Crippen molar-refractivity contribution in [2.75, 3.05) is 0 Å². The van der Waals surface area contributed by atoms with Crippen LogP contribution >= 0.6 is 0 Å². The zero-order valence-corrected chi connectivity index (χ0v) is 56.6. The lowest BCUT2D eigenvalue weighted by Crippen LogP contribution is -2.33. The quantitative estimate of drug-likeness (QED) is 0.0860. The highest BCUT2D eigenvalue weighted by Crippen LogP contribution is 2.53. The molecule has 7 N–H and O–H groups in total. The number of benzene rings is 7. The van der Waals surface area contributed by atoms with Gasteiger partial charge in [-0.15, -0.1) is 0 Å². The van der Waals surface area contributed by atoms with Gasteiger partial charge < -0.3 is 68.9 Å². The van der Waals surface area contributed by atoms with Crippen LogP contribution in [0.2, 0.25) is 0 Å². The van der Waals surface area contributed by atoms with Crippen LogP contribution in [0.1, 0.15) is 231 Å². The van der Waals surface area contributed by atoms with Gasteiger partial charge in [0.2, 0.25) is 0 Å². The van der Waals surface area contributed by atoms with Gasteiger partial charge in [-0.3, -0.25) is 0 Å². The number of phenols is 7. The van der Waals surface area contributed by atoms with E-state index in [2.05, 4.69) is 55.4 Å². The molecule has 9 aliphatic rings. The van der Waals surface area contributed by atoms with Crippen molar-refractivity contribution in [3.8, 4) is 40.2 Å². The Labute approximate surface area is 550 Å². The molecule has 14 heteroatoms. The number of ether oxygens (including phenoxy) is 7. The second-order valence-corrected chi connectivity index (χ2v) is 29.3. The SMILES string of the molecule is CC(C)(C)C1OCc2ccc(O)cc21.CC(C)(C)C1OCc2ccc(O)cc21.CC1(C)OCc2ccc(O)cc21.CC1(C)OCc2ccc(O)cc21.CCC1(CC)OCc2ccc(O)cc21.Oc1ccc2c(c1)C1(CCC1)OC2.Oc1ccc2c(c1)C1(CCCC1)OC2. The molecule has 7 heterocycles. The minimum atomic E-state index is -0.242. The maximum absolute atomic E-state index is 9.48. The number of aromatic hydroxyl groups is 7.